The number of nitrogens with one attached hydrogen (secondary N) is 2. The zero-order chi connectivity index (χ0) is 19.0. The maximum atomic E-state index is 12.5. The third-order valence-corrected chi connectivity index (χ3v) is 5.41. The highest BCUT2D eigenvalue weighted by Gasteiger charge is 2.33. The quantitative estimate of drug-likeness (QED) is 0.400. The van der Waals surface area contributed by atoms with Crippen LogP contribution in [0.25, 0.3) is 0 Å². The minimum absolute atomic E-state index is 0.421. The highest BCUT2D eigenvalue weighted by molar-refractivity contribution is 7.09. The van der Waals surface area contributed by atoms with Gasteiger partial charge in [0.05, 0.1) is 10.0 Å². The normalized spacial score (nSPS) is 12.4. The molecule has 0 atom stereocenters. The summed E-state index contributed by atoms with van der Waals surface area (Å²) in [6, 6.07) is 0. The van der Waals surface area contributed by atoms with Crippen LogP contribution in [0.15, 0.2) is 15.8 Å². The summed E-state index contributed by atoms with van der Waals surface area (Å²) in [5.41, 5.74) is 0.241. The van der Waals surface area contributed by atoms with E-state index in [0.29, 0.717) is 23.9 Å². The van der Waals surface area contributed by atoms with Gasteiger partial charge in [-0.15, -0.1) is 22.7 Å². The number of aliphatic imine (C=N–C) groups is 1. The lowest BCUT2D eigenvalue weighted by atomic mass is 10.2. The second kappa shape index (κ2) is 9.86. The molecule has 0 radical (unpaired) electrons. The number of halogens is 3. The molecule has 0 fully saturated rings. The van der Waals surface area contributed by atoms with Crippen molar-refractivity contribution in [2.45, 2.75) is 38.8 Å². The first-order chi connectivity index (χ1) is 12.4. The van der Waals surface area contributed by atoms with Crippen molar-refractivity contribution in [1.29, 1.82) is 0 Å². The molecule has 0 saturated carbocycles. The van der Waals surface area contributed by atoms with Crippen LogP contribution >= 0.6 is 22.7 Å². The average Bonchev–Trinajstić information content (AvgIpc) is 3.21. The molecule has 2 rings (SSSR count). The molecule has 2 N–H and O–H groups in total. The molecule has 144 valence electrons. The van der Waals surface area contributed by atoms with Gasteiger partial charge in [0, 0.05) is 43.0 Å². The van der Waals surface area contributed by atoms with Gasteiger partial charge < -0.3 is 10.6 Å². The first kappa shape index (κ1) is 20.6. The number of aromatic nitrogens is 2. The number of guanidine groups is 1. The van der Waals surface area contributed by atoms with Crippen molar-refractivity contribution in [3.8, 4) is 0 Å². The number of aryl methyl sites for hydroxylation is 2. The lowest BCUT2D eigenvalue weighted by molar-refractivity contribution is -0.140. The first-order valence-electron chi connectivity index (χ1n) is 8.25. The van der Waals surface area contributed by atoms with Crippen LogP contribution in [0, 0.1) is 6.92 Å². The SMILES string of the molecule is CN=C(NCCCCc1nc(C)cs1)NCCc1nc(C(F)(F)F)cs1. The third-order valence-electron chi connectivity index (χ3n) is 3.47. The molecule has 0 spiro atoms. The van der Waals surface area contributed by atoms with Gasteiger partial charge in [0.2, 0.25) is 0 Å². The molecule has 0 unspecified atom stereocenters. The minimum Gasteiger partial charge on any atom is -0.356 e. The van der Waals surface area contributed by atoms with E-state index in [1.54, 1.807) is 18.4 Å². The van der Waals surface area contributed by atoms with Gasteiger partial charge >= 0.3 is 6.18 Å². The summed E-state index contributed by atoms with van der Waals surface area (Å²) >= 11 is 2.71. The maximum Gasteiger partial charge on any atom is 0.434 e. The van der Waals surface area contributed by atoms with E-state index in [1.165, 1.54) is 0 Å². The van der Waals surface area contributed by atoms with E-state index < -0.39 is 11.9 Å². The third kappa shape index (κ3) is 6.91. The fraction of sp³-hybridized carbons (Fsp3) is 0.562. The van der Waals surface area contributed by atoms with E-state index in [-0.39, 0.29) is 0 Å². The molecule has 10 heteroatoms. The molecule has 0 amide bonds. The number of alkyl halides is 3. The van der Waals surface area contributed by atoms with Gasteiger partial charge in [0.1, 0.15) is 0 Å². The van der Waals surface area contributed by atoms with Crippen LogP contribution in [0.2, 0.25) is 0 Å². The summed E-state index contributed by atoms with van der Waals surface area (Å²) in [5.74, 6) is 0.641. The summed E-state index contributed by atoms with van der Waals surface area (Å²) < 4.78 is 37.5. The summed E-state index contributed by atoms with van der Waals surface area (Å²) in [7, 11) is 1.67. The molecular weight excluding hydrogens is 383 g/mol. The molecule has 2 aromatic rings. The average molecular weight is 406 g/mol. The van der Waals surface area contributed by atoms with E-state index in [9.17, 15) is 13.2 Å². The van der Waals surface area contributed by atoms with Crippen molar-refractivity contribution in [2.24, 2.45) is 4.99 Å². The highest BCUT2D eigenvalue weighted by Crippen LogP contribution is 2.29. The fourth-order valence-electron chi connectivity index (χ4n) is 2.19. The standard InChI is InChI=1S/C16H22F3N5S2/c1-11-9-25-13(23-11)5-3-4-7-21-15(20-2)22-8-6-14-24-12(10-26-14)16(17,18)19/h9-10H,3-8H2,1-2H3,(H2,20,21,22). The van der Waals surface area contributed by atoms with Gasteiger partial charge in [-0.1, -0.05) is 0 Å². The van der Waals surface area contributed by atoms with E-state index in [4.69, 9.17) is 0 Å². The van der Waals surface area contributed by atoms with E-state index in [2.05, 4.69) is 31.0 Å². The van der Waals surface area contributed by atoms with Crippen molar-refractivity contribution in [2.75, 3.05) is 20.1 Å². The molecule has 5 nitrogen and oxygen atoms in total. The van der Waals surface area contributed by atoms with Gasteiger partial charge in [0.15, 0.2) is 11.7 Å². The minimum atomic E-state index is -4.38. The second-order valence-corrected chi connectivity index (χ2v) is 7.53. The Morgan fingerprint density at radius 2 is 1.73 bits per heavy atom. The van der Waals surface area contributed by atoms with Crippen molar-refractivity contribution in [1.82, 2.24) is 20.6 Å². The summed E-state index contributed by atoms with van der Waals surface area (Å²) in [6.07, 6.45) is -0.962. The Morgan fingerprint density at radius 1 is 1.04 bits per heavy atom. The molecule has 0 bridgehead atoms. The van der Waals surface area contributed by atoms with Gasteiger partial charge in [-0.05, 0) is 26.2 Å². The Bertz CT molecular complexity index is 709. The Morgan fingerprint density at radius 3 is 2.35 bits per heavy atom. The Kier molecular flexibility index (Phi) is 7.83. The lowest BCUT2D eigenvalue weighted by Gasteiger charge is -2.11. The van der Waals surface area contributed by atoms with Crippen molar-refractivity contribution < 1.29 is 13.2 Å². The number of hydrogen-bond donors (Lipinski definition) is 2. The van der Waals surface area contributed by atoms with Gasteiger partial charge in [-0.25, -0.2) is 9.97 Å². The van der Waals surface area contributed by atoms with Crippen LogP contribution in [-0.2, 0) is 19.0 Å². The maximum absolute atomic E-state index is 12.5. The monoisotopic (exact) mass is 405 g/mol. The molecule has 2 aromatic heterocycles. The zero-order valence-electron chi connectivity index (χ0n) is 14.7. The second-order valence-electron chi connectivity index (χ2n) is 5.64. The highest BCUT2D eigenvalue weighted by atomic mass is 32.1. The van der Waals surface area contributed by atoms with Crippen LogP contribution in [-0.4, -0.2) is 36.1 Å². The number of unbranched alkanes of at least 4 members (excludes halogenated alkanes) is 1. The lowest BCUT2D eigenvalue weighted by Crippen LogP contribution is -2.38. The molecule has 0 aliphatic carbocycles. The Hall–Kier alpha value is -1.68. The first-order valence-corrected chi connectivity index (χ1v) is 10.0. The molecular formula is C16H22F3N5S2. The Labute approximate surface area is 158 Å². The smallest absolute Gasteiger partial charge is 0.356 e. The van der Waals surface area contributed by atoms with Crippen molar-refractivity contribution >= 4 is 28.6 Å². The van der Waals surface area contributed by atoms with Crippen LogP contribution in [0.1, 0.15) is 34.2 Å². The van der Waals surface area contributed by atoms with Gasteiger partial charge in [-0.2, -0.15) is 13.2 Å². The molecule has 2 heterocycles. The molecule has 0 saturated heterocycles. The molecule has 0 aliphatic heterocycles. The van der Waals surface area contributed by atoms with Crippen molar-refractivity contribution in [3.05, 3.63) is 32.2 Å². The molecule has 0 aromatic carbocycles. The summed E-state index contributed by atoms with van der Waals surface area (Å²) in [5, 5.41) is 11.0. The van der Waals surface area contributed by atoms with Crippen LogP contribution in [0.5, 0.6) is 0 Å². The van der Waals surface area contributed by atoms with E-state index in [1.807, 2.05) is 6.92 Å². The topological polar surface area (TPSA) is 62.2 Å². The van der Waals surface area contributed by atoms with Crippen LogP contribution in [0.3, 0.4) is 0 Å². The van der Waals surface area contributed by atoms with Crippen LogP contribution in [0.4, 0.5) is 13.2 Å². The van der Waals surface area contributed by atoms with E-state index >= 15 is 0 Å². The molecule has 26 heavy (non-hydrogen) atoms. The van der Waals surface area contributed by atoms with Gasteiger partial charge in [0.25, 0.3) is 0 Å². The zero-order valence-corrected chi connectivity index (χ0v) is 16.3. The van der Waals surface area contributed by atoms with E-state index in [0.717, 1.165) is 53.2 Å². The van der Waals surface area contributed by atoms with Crippen LogP contribution < -0.4 is 10.6 Å². The predicted octanol–water partition coefficient (Wildman–Crippen LogP) is 3.66. The number of rotatable bonds is 8. The largest absolute Gasteiger partial charge is 0.434 e. The van der Waals surface area contributed by atoms with Gasteiger partial charge in [-0.3, -0.25) is 4.99 Å². The summed E-state index contributed by atoms with van der Waals surface area (Å²) in [4.78, 5) is 12.2. The molecule has 0 aliphatic rings. The summed E-state index contributed by atoms with van der Waals surface area (Å²) in [6.45, 7) is 3.25. The number of hydrogen-bond acceptors (Lipinski definition) is 5. The van der Waals surface area contributed by atoms with Crippen molar-refractivity contribution in [3.63, 3.8) is 0 Å². The number of thiazole rings is 2. The number of nitrogens with zero attached hydrogens (tertiary/aromatic N) is 3. The predicted molar refractivity (Wildman–Crippen MR) is 100.0 cm³/mol. The fourth-order valence-corrected chi connectivity index (χ4v) is 3.81. The Balaban J connectivity index is 1.61.